The molecule has 37 heavy (non-hydrogen) atoms. The molecule has 0 spiro atoms. The fourth-order valence-electron chi connectivity index (χ4n) is 4.25. The van der Waals surface area contributed by atoms with Gasteiger partial charge >= 0.3 is 0 Å². The van der Waals surface area contributed by atoms with E-state index in [1.165, 1.54) is 4.90 Å². The standard InChI is InChI=1S/C26H35N5O5S/c1-15-22(37-14-29-15)17-7-5-16(6-8-17)12-28-24(35)19-11-18(32)13-31(19)25(36)23(26(2,3)4)30-21(34)10-9-20(27)33/h5-8,14,18-19,23,32H,9-13H2,1-4H3,(H2,27,33)(H,28,35)(H,30,34)/t18-,19-,23+/m0/s1. The number of carbonyl (C=O) groups excluding carboxylic acids is 4. The van der Waals surface area contributed by atoms with E-state index in [1.54, 1.807) is 37.6 Å². The van der Waals surface area contributed by atoms with Crippen LogP contribution < -0.4 is 16.4 Å². The van der Waals surface area contributed by atoms with Crippen LogP contribution in [0.5, 0.6) is 0 Å². The maximum Gasteiger partial charge on any atom is 0.246 e. The van der Waals surface area contributed by atoms with Crippen molar-refractivity contribution in [2.75, 3.05) is 6.54 Å². The van der Waals surface area contributed by atoms with Crippen molar-refractivity contribution in [3.63, 3.8) is 0 Å². The molecule has 0 radical (unpaired) electrons. The van der Waals surface area contributed by atoms with Crippen LogP contribution in [0.25, 0.3) is 10.4 Å². The second-order valence-electron chi connectivity index (χ2n) is 10.4. The van der Waals surface area contributed by atoms with Crippen LogP contribution >= 0.6 is 11.3 Å². The highest BCUT2D eigenvalue weighted by atomic mass is 32.1. The lowest BCUT2D eigenvalue weighted by atomic mass is 9.85. The van der Waals surface area contributed by atoms with Crippen molar-refractivity contribution in [1.82, 2.24) is 20.5 Å². The summed E-state index contributed by atoms with van der Waals surface area (Å²) >= 11 is 1.57. The Morgan fingerprint density at radius 3 is 2.43 bits per heavy atom. The molecule has 0 bridgehead atoms. The number of rotatable bonds is 9. The van der Waals surface area contributed by atoms with Gasteiger partial charge in [0.05, 0.1) is 22.2 Å². The van der Waals surface area contributed by atoms with E-state index in [-0.39, 0.29) is 38.3 Å². The van der Waals surface area contributed by atoms with Gasteiger partial charge in [-0.3, -0.25) is 19.2 Å². The average molecular weight is 530 g/mol. The molecule has 11 heteroatoms. The van der Waals surface area contributed by atoms with E-state index in [2.05, 4.69) is 15.6 Å². The molecule has 1 aliphatic heterocycles. The van der Waals surface area contributed by atoms with Gasteiger partial charge in [-0.2, -0.15) is 0 Å². The fourth-order valence-corrected chi connectivity index (χ4v) is 5.06. The van der Waals surface area contributed by atoms with Crippen molar-refractivity contribution in [3.8, 4) is 10.4 Å². The highest BCUT2D eigenvalue weighted by Gasteiger charge is 2.44. The fraction of sp³-hybridized carbons (Fsp3) is 0.500. The van der Waals surface area contributed by atoms with Crippen molar-refractivity contribution in [1.29, 1.82) is 0 Å². The molecule has 1 aliphatic rings. The molecule has 1 saturated heterocycles. The van der Waals surface area contributed by atoms with Crippen molar-refractivity contribution in [3.05, 3.63) is 41.0 Å². The Balaban J connectivity index is 1.66. The van der Waals surface area contributed by atoms with Crippen LogP contribution in [0, 0.1) is 12.3 Å². The molecule has 200 valence electrons. The summed E-state index contributed by atoms with van der Waals surface area (Å²) in [4.78, 5) is 56.7. The first-order valence-corrected chi connectivity index (χ1v) is 13.1. The van der Waals surface area contributed by atoms with Crippen LogP contribution in [0.15, 0.2) is 29.8 Å². The number of amides is 4. The maximum atomic E-state index is 13.5. The quantitative estimate of drug-likeness (QED) is 0.386. The smallest absolute Gasteiger partial charge is 0.246 e. The maximum absolute atomic E-state index is 13.5. The predicted octanol–water partition coefficient (Wildman–Crippen LogP) is 1.49. The molecular formula is C26H35N5O5S. The van der Waals surface area contributed by atoms with E-state index in [4.69, 9.17) is 5.73 Å². The van der Waals surface area contributed by atoms with Crippen LogP contribution in [0.1, 0.15) is 51.3 Å². The van der Waals surface area contributed by atoms with E-state index >= 15 is 0 Å². The average Bonchev–Trinajstić information content (AvgIpc) is 3.44. The first kappa shape index (κ1) is 28.3. The van der Waals surface area contributed by atoms with Crippen LogP contribution in [-0.4, -0.2) is 63.4 Å². The first-order chi connectivity index (χ1) is 17.4. The van der Waals surface area contributed by atoms with Gasteiger partial charge in [-0.1, -0.05) is 45.0 Å². The monoisotopic (exact) mass is 529 g/mol. The summed E-state index contributed by atoms with van der Waals surface area (Å²) in [5.41, 5.74) is 9.16. The van der Waals surface area contributed by atoms with Gasteiger partial charge in [-0.05, 0) is 23.5 Å². The number of likely N-dealkylation sites (tertiary alicyclic amines) is 1. The van der Waals surface area contributed by atoms with Crippen LogP contribution in [0.4, 0.5) is 0 Å². The topological polar surface area (TPSA) is 155 Å². The highest BCUT2D eigenvalue weighted by molar-refractivity contribution is 7.13. The van der Waals surface area contributed by atoms with Crippen LogP contribution in [-0.2, 0) is 25.7 Å². The van der Waals surface area contributed by atoms with Gasteiger partial charge in [0.15, 0.2) is 0 Å². The second-order valence-corrected chi connectivity index (χ2v) is 11.3. The summed E-state index contributed by atoms with van der Waals surface area (Å²) in [6.45, 7) is 7.60. The number of nitrogens with two attached hydrogens (primary N) is 1. The Labute approximate surface area is 220 Å². The van der Waals surface area contributed by atoms with E-state index < -0.39 is 41.3 Å². The molecular weight excluding hydrogens is 494 g/mol. The number of carbonyl (C=O) groups is 4. The Bertz CT molecular complexity index is 1140. The molecule has 0 saturated carbocycles. The number of aliphatic hydroxyl groups is 1. The summed E-state index contributed by atoms with van der Waals surface area (Å²) in [6.07, 6.45) is -1.01. The molecule has 2 aromatic rings. The van der Waals surface area contributed by atoms with Gasteiger partial charge in [0, 0.05) is 32.4 Å². The number of aromatic nitrogens is 1. The number of hydrogen-bond donors (Lipinski definition) is 4. The van der Waals surface area contributed by atoms with Crippen molar-refractivity contribution < 1.29 is 24.3 Å². The van der Waals surface area contributed by atoms with E-state index in [0.717, 1.165) is 21.7 Å². The number of nitrogens with one attached hydrogen (secondary N) is 2. The lowest BCUT2D eigenvalue weighted by Crippen LogP contribution is -2.57. The number of thiazole rings is 1. The third kappa shape index (κ3) is 7.36. The number of benzene rings is 1. The minimum Gasteiger partial charge on any atom is -0.391 e. The Morgan fingerprint density at radius 1 is 1.19 bits per heavy atom. The Hall–Kier alpha value is -3.31. The van der Waals surface area contributed by atoms with E-state index in [9.17, 15) is 24.3 Å². The summed E-state index contributed by atoms with van der Waals surface area (Å²) in [7, 11) is 0. The van der Waals surface area contributed by atoms with Crippen molar-refractivity contribution in [2.45, 2.75) is 71.7 Å². The highest BCUT2D eigenvalue weighted by Crippen LogP contribution is 2.28. The number of aryl methyl sites for hydroxylation is 1. The first-order valence-electron chi connectivity index (χ1n) is 12.2. The minimum atomic E-state index is -0.948. The molecule has 0 unspecified atom stereocenters. The second kappa shape index (κ2) is 11.8. The minimum absolute atomic E-state index is 0.0104. The third-order valence-electron chi connectivity index (χ3n) is 6.31. The van der Waals surface area contributed by atoms with Crippen LogP contribution in [0.3, 0.4) is 0 Å². The molecule has 2 heterocycles. The zero-order valence-electron chi connectivity index (χ0n) is 21.6. The molecule has 0 aliphatic carbocycles. The van der Waals surface area contributed by atoms with Crippen molar-refractivity contribution in [2.24, 2.45) is 11.1 Å². The van der Waals surface area contributed by atoms with Gasteiger partial charge < -0.3 is 26.4 Å². The Kier molecular flexibility index (Phi) is 9.03. The molecule has 4 amide bonds. The largest absolute Gasteiger partial charge is 0.391 e. The van der Waals surface area contributed by atoms with Gasteiger partial charge in [-0.25, -0.2) is 4.98 Å². The number of aliphatic hydroxyl groups excluding tert-OH is 1. The number of β-amino-alcohol motifs (C(OH)–C–C–N with tert-alkyl or cyclic N) is 1. The molecule has 5 N–H and O–H groups in total. The normalized spacial score (nSPS) is 18.4. The Morgan fingerprint density at radius 2 is 1.86 bits per heavy atom. The molecule has 1 aromatic heterocycles. The molecule has 1 aromatic carbocycles. The van der Waals surface area contributed by atoms with E-state index in [0.29, 0.717) is 0 Å². The molecule has 1 fully saturated rings. The van der Waals surface area contributed by atoms with Crippen molar-refractivity contribution >= 4 is 35.0 Å². The lowest BCUT2D eigenvalue weighted by molar-refractivity contribution is -0.144. The molecule has 3 atom stereocenters. The summed E-state index contributed by atoms with van der Waals surface area (Å²) in [6, 6.07) is 6.00. The molecule has 3 rings (SSSR count). The summed E-state index contributed by atoms with van der Waals surface area (Å²) < 4.78 is 0. The molecule has 10 nitrogen and oxygen atoms in total. The number of hydrogen-bond acceptors (Lipinski definition) is 7. The van der Waals surface area contributed by atoms with Gasteiger partial charge in [0.25, 0.3) is 0 Å². The summed E-state index contributed by atoms with van der Waals surface area (Å²) in [5, 5.41) is 15.8. The number of nitrogens with zero attached hydrogens (tertiary/aromatic N) is 2. The zero-order chi connectivity index (χ0) is 27.3. The number of primary amides is 1. The lowest BCUT2D eigenvalue weighted by Gasteiger charge is -2.35. The zero-order valence-corrected chi connectivity index (χ0v) is 22.4. The summed E-state index contributed by atoms with van der Waals surface area (Å²) in [5.74, 6) is -1.92. The van der Waals surface area contributed by atoms with Crippen LogP contribution in [0.2, 0.25) is 0 Å². The SMILES string of the molecule is Cc1ncsc1-c1ccc(CNC(=O)[C@@H]2C[C@H](O)CN2C(=O)[C@@H](NC(=O)CCC(N)=O)C(C)(C)C)cc1. The third-order valence-corrected chi connectivity index (χ3v) is 7.29. The van der Waals surface area contributed by atoms with Gasteiger partial charge in [-0.15, -0.1) is 11.3 Å². The van der Waals surface area contributed by atoms with Gasteiger partial charge in [0.1, 0.15) is 12.1 Å². The van der Waals surface area contributed by atoms with Gasteiger partial charge in [0.2, 0.25) is 23.6 Å². The van der Waals surface area contributed by atoms with E-state index in [1.807, 2.05) is 31.2 Å². The predicted molar refractivity (Wildman–Crippen MR) is 140 cm³/mol.